The van der Waals surface area contributed by atoms with Crippen LogP contribution in [-0.4, -0.2) is 21.9 Å². The third-order valence-corrected chi connectivity index (χ3v) is 4.64. The second kappa shape index (κ2) is 5.57. The largest absolute Gasteiger partial charge is 0.494 e. The van der Waals surface area contributed by atoms with Crippen LogP contribution in [0, 0.1) is 12.7 Å². The number of benzene rings is 1. The van der Waals surface area contributed by atoms with Gasteiger partial charge in [0.1, 0.15) is 0 Å². The quantitative estimate of drug-likeness (QED) is 0.797. The SMILES string of the molecule is COc1ccc(C(C)Nc2nc3c(s2)c(C)nn3C)cc1F. The van der Waals surface area contributed by atoms with Crippen molar-refractivity contribution in [3.63, 3.8) is 0 Å². The Morgan fingerprint density at radius 2 is 2.18 bits per heavy atom. The van der Waals surface area contributed by atoms with E-state index in [-0.39, 0.29) is 17.6 Å². The first-order valence-corrected chi connectivity index (χ1v) is 7.71. The van der Waals surface area contributed by atoms with Crippen LogP contribution in [-0.2, 0) is 7.05 Å². The van der Waals surface area contributed by atoms with Gasteiger partial charge >= 0.3 is 0 Å². The molecule has 7 heteroatoms. The van der Waals surface area contributed by atoms with Crippen molar-refractivity contribution in [3.05, 3.63) is 35.3 Å². The average molecular weight is 320 g/mol. The first-order chi connectivity index (χ1) is 10.5. The summed E-state index contributed by atoms with van der Waals surface area (Å²) in [5, 5.41) is 8.45. The Balaban J connectivity index is 1.84. The zero-order chi connectivity index (χ0) is 15.9. The number of nitrogens with one attached hydrogen (secondary N) is 1. The Bertz CT molecular complexity index is 792. The fourth-order valence-electron chi connectivity index (χ4n) is 2.37. The molecule has 3 aromatic rings. The first kappa shape index (κ1) is 14.8. The van der Waals surface area contributed by atoms with Crippen LogP contribution in [0.4, 0.5) is 9.52 Å². The minimum Gasteiger partial charge on any atom is -0.494 e. The van der Waals surface area contributed by atoms with Gasteiger partial charge in [0, 0.05) is 7.05 Å². The molecule has 0 radical (unpaired) electrons. The van der Waals surface area contributed by atoms with Gasteiger partial charge in [-0.25, -0.2) is 14.1 Å². The molecule has 0 spiro atoms. The molecular formula is C15H17FN4OS. The fraction of sp³-hybridized carbons (Fsp3) is 0.333. The van der Waals surface area contributed by atoms with Crippen molar-refractivity contribution >= 4 is 26.8 Å². The number of aryl methyl sites for hydroxylation is 2. The van der Waals surface area contributed by atoms with Gasteiger partial charge in [-0.05, 0) is 31.5 Å². The van der Waals surface area contributed by atoms with Gasteiger partial charge in [0.15, 0.2) is 22.3 Å². The summed E-state index contributed by atoms with van der Waals surface area (Å²) in [6.45, 7) is 3.94. The first-order valence-electron chi connectivity index (χ1n) is 6.89. The van der Waals surface area contributed by atoms with Crippen molar-refractivity contribution in [2.45, 2.75) is 19.9 Å². The lowest BCUT2D eigenvalue weighted by molar-refractivity contribution is 0.386. The molecule has 0 saturated heterocycles. The predicted octanol–water partition coefficient (Wildman–Crippen LogP) is 3.66. The highest BCUT2D eigenvalue weighted by Crippen LogP contribution is 2.31. The van der Waals surface area contributed by atoms with Gasteiger partial charge in [0.05, 0.1) is 23.5 Å². The summed E-state index contributed by atoms with van der Waals surface area (Å²) < 4.78 is 21.6. The summed E-state index contributed by atoms with van der Waals surface area (Å²) in [6, 6.07) is 4.90. The van der Waals surface area contributed by atoms with Gasteiger partial charge in [-0.2, -0.15) is 5.10 Å². The highest BCUT2D eigenvalue weighted by Gasteiger charge is 2.15. The van der Waals surface area contributed by atoms with Gasteiger partial charge in [0.25, 0.3) is 0 Å². The normalized spacial score (nSPS) is 12.6. The van der Waals surface area contributed by atoms with Gasteiger partial charge in [-0.3, -0.25) is 0 Å². The Kier molecular flexibility index (Phi) is 3.74. The molecule has 0 fully saturated rings. The van der Waals surface area contributed by atoms with Crippen LogP contribution in [0.3, 0.4) is 0 Å². The number of anilines is 1. The lowest BCUT2D eigenvalue weighted by Gasteiger charge is -2.14. The summed E-state index contributed by atoms with van der Waals surface area (Å²) in [5.41, 5.74) is 2.66. The van der Waals surface area contributed by atoms with Crippen LogP contribution >= 0.6 is 11.3 Å². The van der Waals surface area contributed by atoms with Gasteiger partial charge < -0.3 is 10.1 Å². The third kappa shape index (κ3) is 2.52. The minimum absolute atomic E-state index is 0.0609. The average Bonchev–Trinajstić information content (AvgIpc) is 3.00. The molecule has 0 saturated carbocycles. The Hall–Kier alpha value is -2.15. The number of hydrogen-bond acceptors (Lipinski definition) is 5. The van der Waals surface area contributed by atoms with Crippen LogP contribution in [0.1, 0.15) is 24.2 Å². The zero-order valence-electron chi connectivity index (χ0n) is 12.8. The molecule has 1 aromatic carbocycles. The smallest absolute Gasteiger partial charge is 0.185 e. The Morgan fingerprint density at radius 3 is 2.82 bits per heavy atom. The molecule has 5 nitrogen and oxygen atoms in total. The van der Waals surface area contributed by atoms with Gasteiger partial charge in [0.2, 0.25) is 0 Å². The topological polar surface area (TPSA) is 52.0 Å². The monoisotopic (exact) mass is 320 g/mol. The van der Waals surface area contributed by atoms with E-state index in [0.29, 0.717) is 0 Å². The summed E-state index contributed by atoms with van der Waals surface area (Å²) in [7, 11) is 3.33. The Labute approximate surface area is 131 Å². The molecule has 1 atom stereocenters. The van der Waals surface area contributed by atoms with Crippen molar-refractivity contribution < 1.29 is 9.13 Å². The summed E-state index contributed by atoms with van der Waals surface area (Å²) in [4.78, 5) is 4.54. The molecule has 116 valence electrons. The van der Waals surface area contributed by atoms with Crippen molar-refractivity contribution in [1.29, 1.82) is 0 Å². The number of halogens is 1. The van der Waals surface area contributed by atoms with E-state index < -0.39 is 0 Å². The molecule has 1 N–H and O–H groups in total. The molecule has 22 heavy (non-hydrogen) atoms. The molecule has 0 aliphatic heterocycles. The highest BCUT2D eigenvalue weighted by atomic mass is 32.1. The minimum atomic E-state index is -0.363. The standard InChI is InChI=1S/C15H17FN4OS/c1-8(10-5-6-12(21-4)11(16)7-10)17-15-18-14-13(22-15)9(2)19-20(14)3/h5-8H,1-4H3,(H,17,18). The van der Waals surface area contributed by atoms with Crippen LogP contribution in [0.5, 0.6) is 5.75 Å². The number of fused-ring (bicyclic) bond motifs is 1. The molecule has 0 aliphatic carbocycles. The van der Waals surface area contributed by atoms with E-state index in [2.05, 4.69) is 15.4 Å². The van der Waals surface area contributed by atoms with E-state index in [1.165, 1.54) is 13.2 Å². The maximum absolute atomic E-state index is 13.8. The summed E-state index contributed by atoms with van der Waals surface area (Å²) in [6.07, 6.45) is 0. The lowest BCUT2D eigenvalue weighted by Crippen LogP contribution is -2.07. The van der Waals surface area contributed by atoms with Crippen LogP contribution in [0.2, 0.25) is 0 Å². The van der Waals surface area contributed by atoms with Gasteiger partial charge in [-0.1, -0.05) is 17.4 Å². The van der Waals surface area contributed by atoms with Crippen LogP contribution < -0.4 is 10.1 Å². The number of ether oxygens (including phenoxy) is 1. The van der Waals surface area contributed by atoms with E-state index >= 15 is 0 Å². The summed E-state index contributed by atoms with van der Waals surface area (Å²) in [5.74, 6) is -0.115. The molecule has 3 rings (SSSR count). The van der Waals surface area contributed by atoms with Crippen molar-refractivity contribution in [3.8, 4) is 5.75 Å². The maximum Gasteiger partial charge on any atom is 0.185 e. The maximum atomic E-state index is 13.8. The zero-order valence-corrected chi connectivity index (χ0v) is 13.7. The number of methoxy groups -OCH3 is 1. The number of aromatic nitrogens is 3. The molecule has 0 amide bonds. The molecule has 0 bridgehead atoms. The van der Waals surface area contributed by atoms with Crippen molar-refractivity contribution in [2.75, 3.05) is 12.4 Å². The van der Waals surface area contributed by atoms with Crippen LogP contribution in [0.25, 0.3) is 10.3 Å². The third-order valence-electron chi connectivity index (χ3n) is 3.56. The lowest BCUT2D eigenvalue weighted by atomic mass is 10.1. The molecule has 1 unspecified atom stereocenters. The number of nitrogens with zero attached hydrogens (tertiary/aromatic N) is 3. The second-order valence-electron chi connectivity index (χ2n) is 5.14. The molecule has 0 aliphatic rings. The molecular weight excluding hydrogens is 303 g/mol. The van der Waals surface area contributed by atoms with Crippen molar-refractivity contribution in [1.82, 2.24) is 14.8 Å². The molecule has 2 heterocycles. The van der Waals surface area contributed by atoms with Crippen molar-refractivity contribution in [2.24, 2.45) is 7.05 Å². The number of rotatable bonds is 4. The second-order valence-corrected chi connectivity index (χ2v) is 6.14. The predicted molar refractivity (Wildman–Crippen MR) is 86.1 cm³/mol. The van der Waals surface area contributed by atoms with E-state index in [1.54, 1.807) is 22.1 Å². The highest BCUT2D eigenvalue weighted by molar-refractivity contribution is 7.22. The Morgan fingerprint density at radius 1 is 1.41 bits per heavy atom. The van der Waals surface area contributed by atoms with E-state index in [4.69, 9.17) is 4.74 Å². The van der Waals surface area contributed by atoms with E-state index in [1.807, 2.05) is 27.0 Å². The number of hydrogen-bond donors (Lipinski definition) is 1. The number of thiazole rings is 1. The van der Waals surface area contributed by atoms with E-state index in [0.717, 1.165) is 26.7 Å². The molecule has 2 aromatic heterocycles. The van der Waals surface area contributed by atoms with Gasteiger partial charge in [-0.15, -0.1) is 0 Å². The van der Waals surface area contributed by atoms with Crippen LogP contribution in [0.15, 0.2) is 18.2 Å². The van der Waals surface area contributed by atoms with E-state index in [9.17, 15) is 4.39 Å². The summed E-state index contributed by atoms with van der Waals surface area (Å²) >= 11 is 1.56. The fourth-order valence-corrected chi connectivity index (χ4v) is 3.39.